The Kier molecular flexibility index (Phi) is 5.40. The number of nitro groups is 1. The van der Waals surface area contributed by atoms with E-state index in [1.807, 2.05) is 30.3 Å². The number of hydrogen-bond donors (Lipinski definition) is 0. The van der Waals surface area contributed by atoms with Crippen LogP contribution in [0.4, 0.5) is 11.5 Å². The minimum absolute atomic E-state index is 0.121. The summed E-state index contributed by atoms with van der Waals surface area (Å²) in [5, 5.41) is 22.4. The van der Waals surface area contributed by atoms with E-state index >= 15 is 0 Å². The molecule has 1 aliphatic rings. The van der Waals surface area contributed by atoms with Crippen molar-refractivity contribution in [3.63, 3.8) is 0 Å². The third-order valence-corrected chi connectivity index (χ3v) is 5.92. The first-order valence-electron chi connectivity index (χ1n) is 10.7. The molecule has 33 heavy (non-hydrogen) atoms. The number of benzene rings is 3. The number of nitrogens with zero attached hydrogens (tertiary/aromatic N) is 5. The molecular formula is C25H21N5O3. The van der Waals surface area contributed by atoms with E-state index < -0.39 is 4.92 Å². The summed E-state index contributed by atoms with van der Waals surface area (Å²) in [6, 6.07) is 24.4. The number of para-hydroxylation sites is 1. The number of carbonyl (C=O) groups excluding carboxylic acids is 1. The number of hydrogen-bond acceptors (Lipinski definition) is 6. The lowest BCUT2D eigenvalue weighted by molar-refractivity contribution is -0.385. The molecule has 2 heterocycles. The molecule has 0 aliphatic carbocycles. The Balaban J connectivity index is 1.27. The lowest BCUT2D eigenvalue weighted by Gasteiger charge is -2.35. The average Bonchev–Trinajstić information content (AvgIpc) is 2.88. The monoisotopic (exact) mass is 439 g/mol. The molecule has 1 amide bonds. The molecule has 1 fully saturated rings. The molecule has 1 saturated heterocycles. The fourth-order valence-electron chi connectivity index (χ4n) is 4.12. The second-order valence-electron chi connectivity index (χ2n) is 7.89. The summed E-state index contributed by atoms with van der Waals surface area (Å²) in [6.07, 6.45) is 0. The molecule has 5 rings (SSSR count). The summed E-state index contributed by atoms with van der Waals surface area (Å²) in [4.78, 5) is 27.3. The number of piperazine rings is 1. The van der Waals surface area contributed by atoms with Gasteiger partial charge >= 0.3 is 0 Å². The molecule has 0 radical (unpaired) electrons. The standard InChI is InChI=1S/C25H21N5O3/c31-25(21-7-3-4-8-23(21)30(32)33)29-15-13-28(14-16-29)24-12-11-22(26-27-24)20-10-9-18-5-1-2-6-19(18)17-20/h1-12,17H,13-16H2. The van der Waals surface area contributed by atoms with E-state index in [9.17, 15) is 14.9 Å². The summed E-state index contributed by atoms with van der Waals surface area (Å²) in [6.45, 7) is 2.07. The van der Waals surface area contributed by atoms with Crippen LogP contribution in [0.5, 0.6) is 0 Å². The first-order valence-corrected chi connectivity index (χ1v) is 10.7. The first-order chi connectivity index (χ1) is 16.1. The highest BCUT2D eigenvalue weighted by Gasteiger charge is 2.27. The molecule has 0 spiro atoms. The van der Waals surface area contributed by atoms with Crippen LogP contribution in [0.3, 0.4) is 0 Å². The van der Waals surface area contributed by atoms with Gasteiger partial charge in [0.1, 0.15) is 5.56 Å². The molecule has 0 bridgehead atoms. The fraction of sp³-hybridized carbons (Fsp3) is 0.160. The van der Waals surface area contributed by atoms with Crippen LogP contribution in [0, 0.1) is 10.1 Å². The maximum Gasteiger partial charge on any atom is 0.282 e. The van der Waals surface area contributed by atoms with Crippen LogP contribution < -0.4 is 4.90 Å². The van der Waals surface area contributed by atoms with Crippen LogP contribution in [-0.2, 0) is 0 Å². The first kappa shape index (κ1) is 20.6. The van der Waals surface area contributed by atoms with Gasteiger partial charge in [0.05, 0.1) is 10.6 Å². The quantitative estimate of drug-likeness (QED) is 0.350. The van der Waals surface area contributed by atoms with Crippen molar-refractivity contribution in [2.75, 3.05) is 31.1 Å². The van der Waals surface area contributed by atoms with Gasteiger partial charge in [-0.1, -0.05) is 48.5 Å². The summed E-state index contributed by atoms with van der Waals surface area (Å²) in [5.41, 5.74) is 1.76. The van der Waals surface area contributed by atoms with E-state index in [0.717, 1.165) is 22.5 Å². The topological polar surface area (TPSA) is 92.5 Å². The van der Waals surface area contributed by atoms with E-state index in [-0.39, 0.29) is 17.2 Å². The molecular weight excluding hydrogens is 418 g/mol. The second kappa shape index (κ2) is 8.66. The number of fused-ring (bicyclic) bond motifs is 1. The van der Waals surface area contributed by atoms with Crippen molar-refractivity contribution in [2.45, 2.75) is 0 Å². The van der Waals surface area contributed by atoms with Crippen LogP contribution in [-0.4, -0.2) is 52.1 Å². The highest BCUT2D eigenvalue weighted by atomic mass is 16.6. The van der Waals surface area contributed by atoms with Crippen molar-refractivity contribution in [1.82, 2.24) is 15.1 Å². The summed E-state index contributed by atoms with van der Waals surface area (Å²) >= 11 is 0. The number of nitro benzene ring substituents is 1. The van der Waals surface area contributed by atoms with Gasteiger partial charge in [-0.05, 0) is 35.0 Å². The van der Waals surface area contributed by atoms with E-state index in [4.69, 9.17) is 0 Å². The Bertz CT molecular complexity index is 1330. The smallest absolute Gasteiger partial charge is 0.282 e. The molecule has 8 nitrogen and oxygen atoms in total. The van der Waals surface area contributed by atoms with Crippen molar-refractivity contribution < 1.29 is 9.72 Å². The lowest BCUT2D eigenvalue weighted by atomic mass is 10.1. The summed E-state index contributed by atoms with van der Waals surface area (Å²) in [5.74, 6) is 0.428. The Morgan fingerprint density at radius 1 is 0.818 bits per heavy atom. The zero-order chi connectivity index (χ0) is 22.8. The number of carbonyl (C=O) groups is 1. The number of aromatic nitrogens is 2. The summed E-state index contributed by atoms with van der Waals surface area (Å²) < 4.78 is 0. The predicted octanol–water partition coefficient (Wildman–Crippen LogP) is 4.17. The van der Waals surface area contributed by atoms with Gasteiger partial charge in [0, 0.05) is 37.8 Å². The fourth-order valence-corrected chi connectivity index (χ4v) is 4.12. The van der Waals surface area contributed by atoms with E-state index in [0.29, 0.717) is 26.2 Å². The van der Waals surface area contributed by atoms with Gasteiger partial charge in [-0.3, -0.25) is 14.9 Å². The Morgan fingerprint density at radius 2 is 1.55 bits per heavy atom. The number of amides is 1. The Hall–Kier alpha value is -4.33. The van der Waals surface area contributed by atoms with Crippen LogP contribution in [0.25, 0.3) is 22.0 Å². The third kappa shape index (κ3) is 4.10. The van der Waals surface area contributed by atoms with Gasteiger partial charge in [-0.25, -0.2) is 0 Å². The highest BCUT2D eigenvalue weighted by Crippen LogP contribution is 2.25. The summed E-state index contributed by atoms with van der Waals surface area (Å²) in [7, 11) is 0. The largest absolute Gasteiger partial charge is 0.352 e. The minimum atomic E-state index is -0.518. The molecule has 8 heteroatoms. The zero-order valence-electron chi connectivity index (χ0n) is 17.8. The predicted molar refractivity (Wildman–Crippen MR) is 126 cm³/mol. The van der Waals surface area contributed by atoms with Crippen molar-refractivity contribution in [1.29, 1.82) is 0 Å². The molecule has 3 aromatic carbocycles. The molecule has 1 aliphatic heterocycles. The number of rotatable bonds is 4. The highest BCUT2D eigenvalue weighted by molar-refractivity contribution is 5.98. The molecule has 0 unspecified atom stereocenters. The van der Waals surface area contributed by atoms with Gasteiger partial charge in [0.15, 0.2) is 5.82 Å². The van der Waals surface area contributed by atoms with Gasteiger partial charge < -0.3 is 9.80 Å². The minimum Gasteiger partial charge on any atom is -0.352 e. The van der Waals surface area contributed by atoms with Gasteiger partial charge in [-0.2, -0.15) is 0 Å². The van der Waals surface area contributed by atoms with Gasteiger partial charge in [0.2, 0.25) is 0 Å². The Morgan fingerprint density at radius 3 is 2.27 bits per heavy atom. The molecule has 4 aromatic rings. The molecule has 0 atom stereocenters. The van der Waals surface area contributed by atoms with Crippen LogP contribution in [0.2, 0.25) is 0 Å². The van der Waals surface area contributed by atoms with Gasteiger partial charge in [-0.15, -0.1) is 10.2 Å². The molecule has 164 valence electrons. The van der Waals surface area contributed by atoms with Crippen LogP contribution in [0.15, 0.2) is 78.9 Å². The SMILES string of the molecule is O=C(c1ccccc1[N+](=O)[O-])N1CCN(c2ccc(-c3ccc4ccccc4c3)nn2)CC1. The van der Waals surface area contributed by atoms with Crippen LogP contribution >= 0.6 is 0 Å². The van der Waals surface area contributed by atoms with E-state index in [2.05, 4.69) is 39.4 Å². The van der Waals surface area contributed by atoms with Crippen molar-refractivity contribution in [3.05, 3.63) is 94.5 Å². The average molecular weight is 439 g/mol. The molecule has 0 saturated carbocycles. The van der Waals surface area contributed by atoms with Crippen molar-refractivity contribution in [3.8, 4) is 11.3 Å². The third-order valence-electron chi connectivity index (χ3n) is 5.92. The second-order valence-corrected chi connectivity index (χ2v) is 7.89. The van der Waals surface area contributed by atoms with Crippen LogP contribution in [0.1, 0.15) is 10.4 Å². The Labute approximate surface area is 190 Å². The maximum atomic E-state index is 12.8. The van der Waals surface area contributed by atoms with E-state index in [1.165, 1.54) is 17.5 Å². The van der Waals surface area contributed by atoms with Gasteiger partial charge in [0.25, 0.3) is 11.6 Å². The zero-order valence-corrected chi connectivity index (χ0v) is 17.8. The normalized spacial score (nSPS) is 13.8. The maximum absolute atomic E-state index is 12.8. The van der Waals surface area contributed by atoms with Crippen molar-refractivity contribution in [2.24, 2.45) is 0 Å². The van der Waals surface area contributed by atoms with Crippen molar-refractivity contribution >= 4 is 28.2 Å². The molecule has 1 aromatic heterocycles. The number of anilines is 1. The van der Waals surface area contributed by atoms with E-state index in [1.54, 1.807) is 17.0 Å². The molecule has 0 N–H and O–H groups in total. The lowest BCUT2D eigenvalue weighted by Crippen LogP contribution is -2.49.